The van der Waals surface area contributed by atoms with E-state index in [-0.39, 0.29) is 32.5 Å². The van der Waals surface area contributed by atoms with Gasteiger partial charge in [0, 0.05) is 0 Å². The molecule has 0 aromatic heterocycles. The molecule has 0 radical (unpaired) electrons. The van der Waals surface area contributed by atoms with Gasteiger partial charge in [-0.25, -0.2) is 0 Å². The Kier molecular flexibility index (Phi) is 9.26. The molecule has 0 N–H and O–H groups in total. The van der Waals surface area contributed by atoms with Crippen molar-refractivity contribution in [2.75, 3.05) is 20.3 Å². The van der Waals surface area contributed by atoms with Gasteiger partial charge in [-0.05, 0) is 39.2 Å². The van der Waals surface area contributed by atoms with E-state index in [2.05, 4.69) is 4.74 Å². The van der Waals surface area contributed by atoms with Crippen molar-refractivity contribution < 1.29 is 28.6 Å². The molecule has 0 aliphatic rings. The number of hydrogen-bond acceptors (Lipinski definition) is 6. The van der Waals surface area contributed by atoms with Crippen molar-refractivity contribution in [2.45, 2.75) is 40.0 Å². The van der Waals surface area contributed by atoms with Crippen LogP contribution in [-0.4, -0.2) is 38.2 Å². The second kappa shape index (κ2) is 11.2. The van der Waals surface area contributed by atoms with E-state index in [1.807, 2.05) is 31.2 Å². The highest BCUT2D eigenvalue weighted by Gasteiger charge is 2.48. The number of carbonyl (C=O) groups excluding carboxylic acids is 3. The topological polar surface area (TPSA) is 78.9 Å². The Morgan fingerprint density at radius 1 is 0.963 bits per heavy atom. The van der Waals surface area contributed by atoms with Gasteiger partial charge < -0.3 is 14.2 Å². The predicted octanol–water partition coefficient (Wildman–Crippen LogP) is 3.16. The van der Waals surface area contributed by atoms with Gasteiger partial charge in [-0.15, -0.1) is 0 Å². The highest BCUT2D eigenvalue weighted by atomic mass is 16.6. The Labute approximate surface area is 160 Å². The van der Waals surface area contributed by atoms with Crippen molar-refractivity contribution in [3.05, 3.63) is 47.5 Å². The van der Waals surface area contributed by atoms with Crippen molar-refractivity contribution in [3.63, 3.8) is 0 Å². The lowest BCUT2D eigenvalue weighted by Crippen LogP contribution is -2.43. The fraction of sp³-hybridized carbons (Fsp3) is 0.476. The van der Waals surface area contributed by atoms with Gasteiger partial charge in [-0.1, -0.05) is 42.0 Å². The zero-order chi connectivity index (χ0) is 20.3. The summed E-state index contributed by atoms with van der Waals surface area (Å²) < 4.78 is 15.0. The summed E-state index contributed by atoms with van der Waals surface area (Å²) in [7, 11) is 1.30. The van der Waals surface area contributed by atoms with E-state index >= 15 is 0 Å². The molecular formula is C21H28O6. The summed E-state index contributed by atoms with van der Waals surface area (Å²) in [4.78, 5) is 36.9. The molecule has 6 heteroatoms. The van der Waals surface area contributed by atoms with Crippen LogP contribution in [0, 0.1) is 12.3 Å². The quantitative estimate of drug-likeness (QED) is 0.270. The van der Waals surface area contributed by atoms with Crippen LogP contribution in [0.5, 0.6) is 0 Å². The number of hydrogen-bond donors (Lipinski definition) is 0. The minimum Gasteiger partial charge on any atom is -0.469 e. The number of carbonyl (C=O) groups is 3. The van der Waals surface area contributed by atoms with E-state index in [1.54, 1.807) is 26.0 Å². The van der Waals surface area contributed by atoms with Gasteiger partial charge in [0.05, 0.1) is 26.7 Å². The number of allylic oxidation sites excluding steroid dienone is 1. The van der Waals surface area contributed by atoms with Crippen LogP contribution in [0.4, 0.5) is 0 Å². The molecule has 0 heterocycles. The molecule has 148 valence electrons. The summed E-state index contributed by atoms with van der Waals surface area (Å²) in [6.45, 7) is 5.64. The number of esters is 3. The minimum atomic E-state index is -1.51. The second-order valence-electron chi connectivity index (χ2n) is 6.14. The van der Waals surface area contributed by atoms with Crippen LogP contribution in [0.15, 0.2) is 36.4 Å². The molecule has 0 bridgehead atoms. The van der Waals surface area contributed by atoms with Crippen molar-refractivity contribution >= 4 is 17.9 Å². The molecule has 0 spiro atoms. The Balaban J connectivity index is 3.21. The fourth-order valence-electron chi connectivity index (χ4n) is 2.61. The number of methoxy groups -OCH3 is 1. The summed E-state index contributed by atoms with van der Waals surface area (Å²) in [5.74, 6) is -1.67. The molecule has 0 atom stereocenters. The maximum Gasteiger partial charge on any atom is 0.324 e. The first-order chi connectivity index (χ1) is 12.9. The predicted molar refractivity (Wildman–Crippen MR) is 101 cm³/mol. The van der Waals surface area contributed by atoms with Crippen LogP contribution in [0.1, 0.15) is 37.8 Å². The van der Waals surface area contributed by atoms with Gasteiger partial charge in [0.25, 0.3) is 0 Å². The van der Waals surface area contributed by atoms with E-state index < -0.39 is 23.3 Å². The lowest BCUT2D eigenvalue weighted by atomic mass is 9.78. The molecule has 0 amide bonds. The molecule has 0 aliphatic carbocycles. The van der Waals surface area contributed by atoms with Crippen molar-refractivity contribution in [1.29, 1.82) is 0 Å². The monoisotopic (exact) mass is 376 g/mol. The zero-order valence-electron chi connectivity index (χ0n) is 16.4. The molecule has 1 aromatic carbocycles. The van der Waals surface area contributed by atoms with Crippen molar-refractivity contribution in [1.82, 2.24) is 0 Å². The van der Waals surface area contributed by atoms with E-state index in [0.29, 0.717) is 0 Å². The normalized spacial score (nSPS) is 11.3. The third-order valence-corrected chi connectivity index (χ3v) is 4.10. The van der Waals surface area contributed by atoms with Gasteiger partial charge >= 0.3 is 17.9 Å². The van der Waals surface area contributed by atoms with Crippen LogP contribution >= 0.6 is 0 Å². The maximum absolute atomic E-state index is 12.8. The number of benzene rings is 1. The summed E-state index contributed by atoms with van der Waals surface area (Å²) in [6, 6.07) is 7.59. The van der Waals surface area contributed by atoms with Crippen LogP contribution in [-0.2, 0) is 35.0 Å². The van der Waals surface area contributed by atoms with Gasteiger partial charge in [0.15, 0.2) is 5.41 Å². The molecule has 0 unspecified atom stereocenters. The van der Waals surface area contributed by atoms with Crippen molar-refractivity contribution in [2.24, 2.45) is 5.41 Å². The zero-order valence-corrected chi connectivity index (χ0v) is 16.4. The molecular weight excluding hydrogens is 348 g/mol. The van der Waals surface area contributed by atoms with Crippen LogP contribution in [0.3, 0.4) is 0 Å². The molecule has 0 saturated heterocycles. The lowest BCUT2D eigenvalue weighted by Gasteiger charge is -2.28. The van der Waals surface area contributed by atoms with E-state index in [9.17, 15) is 14.4 Å². The highest BCUT2D eigenvalue weighted by Crippen LogP contribution is 2.32. The van der Waals surface area contributed by atoms with Crippen LogP contribution in [0.2, 0.25) is 0 Å². The summed E-state index contributed by atoms with van der Waals surface area (Å²) in [6.07, 6.45) is 3.47. The molecule has 1 aromatic rings. The minimum absolute atomic E-state index is 0.0583. The lowest BCUT2D eigenvalue weighted by molar-refractivity contribution is -0.172. The molecule has 0 saturated carbocycles. The van der Waals surface area contributed by atoms with Gasteiger partial charge in [0.2, 0.25) is 0 Å². The fourth-order valence-corrected chi connectivity index (χ4v) is 2.61. The molecule has 6 nitrogen and oxygen atoms in total. The Hall–Kier alpha value is -2.63. The van der Waals surface area contributed by atoms with Crippen LogP contribution in [0.25, 0.3) is 0 Å². The van der Waals surface area contributed by atoms with E-state index in [1.165, 1.54) is 7.11 Å². The van der Waals surface area contributed by atoms with Crippen LogP contribution < -0.4 is 0 Å². The maximum atomic E-state index is 12.8. The van der Waals surface area contributed by atoms with Gasteiger partial charge in [-0.3, -0.25) is 14.4 Å². The third kappa shape index (κ3) is 6.55. The first kappa shape index (κ1) is 22.4. The smallest absolute Gasteiger partial charge is 0.324 e. The number of rotatable bonds is 10. The first-order valence-electron chi connectivity index (χ1n) is 9.01. The average molecular weight is 376 g/mol. The largest absolute Gasteiger partial charge is 0.469 e. The van der Waals surface area contributed by atoms with Gasteiger partial charge in [0.1, 0.15) is 0 Å². The Bertz CT molecular complexity index is 642. The Morgan fingerprint density at radius 2 is 1.52 bits per heavy atom. The third-order valence-electron chi connectivity index (χ3n) is 4.10. The molecule has 1 rings (SSSR count). The SMILES string of the molecule is CCOC(=O)C(C/C=C\CC(=O)OC)(Cc1ccc(C)cc1)C(=O)OCC. The van der Waals surface area contributed by atoms with E-state index in [0.717, 1.165) is 11.1 Å². The first-order valence-corrected chi connectivity index (χ1v) is 9.01. The summed E-state index contributed by atoms with van der Waals surface area (Å²) in [5.41, 5.74) is 0.395. The number of aryl methyl sites for hydroxylation is 1. The standard InChI is InChI=1S/C21H28O6/c1-5-26-19(23)21(20(24)27-6-2,14-8-7-9-18(22)25-4)15-17-12-10-16(3)11-13-17/h7-8,10-13H,5-6,9,14-15H2,1-4H3/b8-7-. The Morgan fingerprint density at radius 3 is 2.00 bits per heavy atom. The summed E-state index contributed by atoms with van der Waals surface area (Å²) >= 11 is 0. The van der Waals surface area contributed by atoms with Crippen molar-refractivity contribution in [3.8, 4) is 0 Å². The summed E-state index contributed by atoms with van der Waals surface area (Å²) in [5, 5.41) is 0. The molecule has 0 fully saturated rings. The average Bonchev–Trinajstić information content (AvgIpc) is 2.65. The van der Waals surface area contributed by atoms with E-state index in [4.69, 9.17) is 9.47 Å². The number of ether oxygens (including phenoxy) is 3. The molecule has 0 aliphatic heterocycles. The highest BCUT2D eigenvalue weighted by molar-refractivity contribution is 6.00. The molecule has 27 heavy (non-hydrogen) atoms. The van der Waals surface area contributed by atoms with Gasteiger partial charge in [-0.2, -0.15) is 0 Å². The second-order valence-corrected chi connectivity index (χ2v) is 6.14.